The summed E-state index contributed by atoms with van der Waals surface area (Å²) < 4.78 is 84.6. The molecule has 2 aromatic rings. The molecule has 1 aliphatic rings. The zero-order valence-corrected chi connectivity index (χ0v) is 15.6. The van der Waals surface area contributed by atoms with Gasteiger partial charge in [0.1, 0.15) is 0 Å². The van der Waals surface area contributed by atoms with Crippen LogP contribution in [0.25, 0.3) is 0 Å². The first-order chi connectivity index (χ1) is 13.5. The summed E-state index contributed by atoms with van der Waals surface area (Å²) in [5.41, 5.74) is 4.28. The predicted octanol–water partition coefficient (Wildman–Crippen LogP) is 6.08. The molecule has 0 heterocycles. The molecule has 8 heteroatoms. The molecule has 0 radical (unpaired) electrons. The summed E-state index contributed by atoms with van der Waals surface area (Å²) in [6, 6.07) is 10.7. The van der Waals surface area contributed by atoms with Crippen molar-refractivity contribution in [2.24, 2.45) is 5.73 Å². The number of hydrogen-bond donors (Lipinski definition) is 1. The van der Waals surface area contributed by atoms with E-state index in [0.29, 0.717) is 25.0 Å². The SMILES string of the molecule is CC(OC1CCC(N)C1c1ccccc1)c1cc(C(F)(F)F)cc(C(F)(F)F)c1. The van der Waals surface area contributed by atoms with Gasteiger partial charge in [-0.05, 0) is 49.1 Å². The normalized spacial score (nSPS) is 23.9. The molecule has 4 atom stereocenters. The Hall–Kier alpha value is -2.06. The molecule has 0 spiro atoms. The minimum absolute atomic E-state index is 0.120. The maximum Gasteiger partial charge on any atom is 0.416 e. The van der Waals surface area contributed by atoms with E-state index in [2.05, 4.69) is 0 Å². The van der Waals surface area contributed by atoms with Gasteiger partial charge in [0.15, 0.2) is 0 Å². The van der Waals surface area contributed by atoms with Crippen molar-refractivity contribution in [1.82, 2.24) is 0 Å². The zero-order chi connectivity index (χ0) is 21.4. The molecule has 1 saturated carbocycles. The fourth-order valence-corrected chi connectivity index (χ4v) is 3.84. The van der Waals surface area contributed by atoms with Crippen LogP contribution in [0, 0.1) is 0 Å². The van der Waals surface area contributed by atoms with E-state index in [9.17, 15) is 26.3 Å². The average molecular weight is 417 g/mol. The van der Waals surface area contributed by atoms with Gasteiger partial charge in [-0.25, -0.2) is 0 Å². The van der Waals surface area contributed by atoms with Crippen molar-refractivity contribution in [3.8, 4) is 0 Å². The third-order valence-corrected chi connectivity index (χ3v) is 5.29. The van der Waals surface area contributed by atoms with Gasteiger partial charge in [0.25, 0.3) is 0 Å². The number of hydrogen-bond acceptors (Lipinski definition) is 2. The lowest BCUT2D eigenvalue weighted by atomic mass is 9.92. The second-order valence-electron chi connectivity index (χ2n) is 7.33. The van der Waals surface area contributed by atoms with E-state index < -0.39 is 35.7 Å². The monoisotopic (exact) mass is 417 g/mol. The lowest BCUT2D eigenvalue weighted by Crippen LogP contribution is -2.30. The average Bonchev–Trinajstić information content (AvgIpc) is 3.00. The molecule has 0 bridgehead atoms. The lowest BCUT2D eigenvalue weighted by Gasteiger charge is -2.27. The van der Waals surface area contributed by atoms with Gasteiger partial charge in [0.2, 0.25) is 0 Å². The molecule has 4 unspecified atom stereocenters. The summed E-state index contributed by atoms with van der Waals surface area (Å²) in [5, 5.41) is 0. The van der Waals surface area contributed by atoms with Gasteiger partial charge < -0.3 is 10.5 Å². The minimum atomic E-state index is -4.89. The fraction of sp³-hybridized carbons (Fsp3) is 0.429. The van der Waals surface area contributed by atoms with E-state index in [0.717, 1.165) is 5.56 Å². The van der Waals surface area contributed by atoms with E-state index >= 15 is 0 Å². The van der Waals surface area contributed by atoms with Gasteiger partial charge in [-0.3, -0.25) is 0 Å². The summed E-state index contributed by atoms with van der Waals surface area (Å²) in [5.74, 6) is -0.175. The smallest absolute Gasteiger partial charge is 0.370 e. The molecular formula is C21H21F6NO. The molecule has 0 aliphatic heterocycles. The third-order valence-electron chi connectivity index (χ3n) is 5.29. The lowest BCUT2D eigenvalue weighted by molar-refractivity contribution is -0.143. The Bertz CT molecular complexity index is 801. The highest BCUT2D eigenvalue weighted by atomic mass is 19.4. The van der Waals surface area contributed by atoms with Crippen LogP contribution in [0.3, 0.4) is 0 Å². The van der Waals surface area contributed by atoms with Gasteiger partial charge >= 0.3 is 12.4 Å². The van der Waals surface area contributed by atoms with Gasteiger partial charge in [0.05, 0.1) is 23.3 Å². The Morgan fingerprint density at radius 1 is 0.897 bits per heavy atom. The fourth-order valence-electron chi connectivity index (χ4n) is 3.84. The van der Waals surface area contributed by atoms with Crippen LogP contribution < -0.4 is 5.73 Å². The number of ether oxygens (including phenoxy) is 1. The maximum atomic E-state index is 13.1. The first kappa shape index (κ1) is 21.6. The molecule has 29 heavy (non-hydrogen) atoms. The van der Waals surface area contributed by atoms with E-state index in [-0.39, 0.29) is 23.6 Å². The molecule has 0 amide bonds. The van der Waals surface area contributed by atoms with Crippen LogP contribution in [0.2, 0.25) is 0 Å². The minimum Gasteiger partial charge on any atom is -0.370 e. The Morgan fingerprint density at radius 3 is 1.97 bits per heavy atom. The van der Waals surface area contributed by atoms with Crippen LogP contribution in [0.4, 0.5) is 26.3 Å². The quantitative estimate of drug-likeness (QED) is 0.613. The Balaban J connectivity index is 1.89. The summed E-state index contributed by atoms with van der Waals surface area (Å²) >= 11 is 0. The van der Waals surface area contributed by atoms with Crippen LogP contribution in [0.5, 0.6) is 0 Å². The van der Waals surface area contributed by atoms with Crippen molar-refractivity contribution >= 4 is 0 Å². The van der Waals surface area contributed by atoms with Gasteiger partial charge in [-0.2, -0.15) is 26.3 Å². The Labute approximate surface area is 164 Å². The van der Waals surface area contributed by atoms with Crippen molar-refractivity contribution in [2.45, 2.75) is 56.3 Å². The van der Waals surface area contributed by atoms with Crippen molar-refractivity contribution in [3.05, 3.63) is 70.8 Å². The van der Waals surface area contributed by atoms with Crippen LogP contribution >= 0.6 is 0 Å². The largest absolute Gasteiger partial charge is 0.416 e. The summed E-state index contributed by atoms with van der Waals surface area (Å²) in [7, 11) is 0. The Kier molecular flexibility index (Phi) is 5.96. The number of halogens is 6. The zero-order valence-electron chi connectivity index (χ0n) is 15.6. The first-order valence-corrected chi connectivity index (χ1v) is 9.22. The molecular weight excluding hydrogens is 396 g/mol. The van der Waals surface area contributed by atoms with Crippen LogP contribution in [0.1, 0.15) is 54.0 Å². The van der Waals surface area contributed by atoms with Crippen LogP contribution in [-0.2, 0) is 17.1 Å². The molecule has 1 fully saturated rings. The summed E-state index contributed by atoms with van der Waals surface area (Å²) in [6.45, 7) is 1.46. The van der Waals surface area contributed by atoms with Crippen LogP contribution in [0.15, 0.2) is 48.5 Å². The van der Waals surface area contributed by atoms with Gasteiger partial charge in [-0.1, -0.05) is 30.3 Å². The van der Waals surface area contributed by atoms with E-state index in [1.807, 2.05) is 30.3 Å². The highest BCUT2D eigenvalue weighted by Crippen LogP contribution is 2.41. The molecule has 2 N–H and O–H groups in total. The van der Waals surface area contributed by atoms with Crippen LogP contribution in [-0.4, -0.2) is 12.1 Å². The van der Waals surface area contributed by atoms with Crippen molar-refractivity contribution < 1.29 is 31.1 Å². The van der Waals surface area contributed by atoms with Gasteiger partial charge in [-0.15, -0.1) is 0 Å². The van der Waals surface area contributed by atoms with Gasteiger partial charge in [0, 0.05) is 12.0 Å². The highest BCUT2D eigenvalue weighted by Gasteiger charge is 2.39. The topological polar surface area (TPSA) is 35.2 Å². The second kappa shape index (κ2) is 7.99. The first-order valence-electron chi connectivity index (χ1n) is 9.22. The molecule has 3 rings (SSSR count). The maximum absolute atomic E-state index is 13.1. The second-order valence-corrected chi connectivity index (χ2v) is 7.33. The Morgan fingerprint density at radius 2 is 1.45 bits per heavy atom. The number of rotatable bonds is 4. The molecule has 2 nitrogen and oxygen atoms in total. The summed E-state index contributed by atoms with van der Waals surface area (Å²) in [4.78, 5) is 0. The summed E-state index contributed by atoms with van der Waals surface area (Å²) in [6.07, 6.45) is -9.90. The number of benzene rings is 2. The number of nitrogens with two attached hydrogens (primary N) is 1. The molecule has 158 valence electrons. The van der Waals surface area contributed by atoms with E-state index in [4.69, 9.17) is 10.5 Å². The standard InChI is InChI=1S/C21H21F6NO/c1-12(14-9-15(20(22,23)24)11-16(10-14)21(25,26)27)29-18-8-7-17(28)19(18)13-5-3-2-4-6-13/h2-6,9-12,17-19H,7-8,28H2,1H3. The highest BCUT2D eigenvalue weighted by molar-refractivity contribution is 5.35. The molecule has 0 aromatic heterocycles. The van der Waals surface area contributed by atoms with Crippen molar-refractivity contribution in [1.29, 1.82) is 0 Å². The predicted molar refractivity (Wildman–Crippen MR) is 96.1 cm³/mol. The molecule has 0 saturated heterocycles. The molecule has 1 aliphatic carbocycles. The van der Waals surface area contributed by atoms with E-state index in [1.54, 1.807) is 0 Å². The van der Waals surface area contributed by atoms with Crippen molar-refractivity contribution in [2.75, 3.05) is 0 Å². The van der Waals surface area contributed by atoms with E-state index in [1.165, 1.54) is 6.92 Å². The number of alkyl halides is 6. The molecule has 2 aromatic carbocycles. The third kappa shape index (κ3) is 4.93. The van der Waals surface area contributed by atoms with Crippen molar-refractivity contribution in [3.63, 3.8) is 0 Å².